The van der Waals surface area contributed by atoms with Crippen LogP contribution in [0.5, 0.6) is 5.75 Å². The second kappa shape index (κ2) is 8.72. The van der Waals surface area contributed by atoms with Crippen LogP contribution in [0.4, 0.5) is 5.69 Å². The fourth-order valence-corrected chi connectivity index (χ4v) is 2.81. The molecule has 0 saturated heterocycles. The Hall–Kier alpha value is -3.11. The van der Waals surface area contributed by atoms with E-state index in [4.69, 9.17) is 16.3 Å². The van der Waals surface area contributed by atoms with Gasteiger partial charge in [-0.3, -0.25) is 9.59 Å². The molecule has 0 spiro atoms. The lowest BCUT2D eigenvalue weighted by molar-refractivity contribution is -0.133. The molecule has 0 saturated carbocycles. The zero-order valence-corrected chi connectivity index (χ0v) is 16.4. The van der Waals surface area contributed by atoms with E-state index in [0.717, 1.165) is 11.1 Å². The molecule has 1 amide bonds. The molecular formula is C23H20ClNO3. The number of esters is 1. The minimum atomic E-state index is -0.362. The Kier molecular flexibility index (Phi) is 6.12. The van der Waals surface area contributed by atoms with Crippen LogP contribution in [0.25, 0.3) is 0 Å². The van der Waals surface area contributed by atoms with Crippen LogP contribution in [0.15, 0.2) is 72.8 Å². The lowest BCUT2D eigenvalue weighted by Crippen LogP contribution is -2.26. The van der Waals surface area contributed by atoms with Gasteiger partial charge >= 0.3 is 5.97 Å². The van der Waals surface area contributed by atoms with E-state index in [1.807, 2.05) is 19.1 Å². The maximum Gasteiger partial charge on any atom is 0.315 e. The highest BCUT2D eigenvalue weighted by atomic mass is 35.5. The molecule has 0 atom stereocenters. The van der Waals surface area contributed by atoms with Gasteiger partial charge in [-0.1, -0.05) is 41.4 Å². The number of aryl methyl sites for hydroxylation is 1. The molecule has 5 heteroatoms. The zero-order valence-electron chi connectivity index (χ0n) is 15.7. The summed E-state index contributed by atoms with van der Waals surface area (Å²) in [6.07, 6.45) is 0.157. The van der Waals surface area contributed by atoms with Gasteiger partial charge in [-0.2, -0.15) is 0 Å². The van der Waals surface area contributed by atoms with Crippen molar-refractivity contribution in [3.8, 4) is 5.75 Å². The third-order valence-corrected chi connectivity index (χ3v) is 4.57. The summed E-state index contributed by atoms with van der Waals surface area (Å²) in [6.45, 7) is 1.98. The minimum Gasteiger partial charge on any atom is -0.426 e. The quantitative estimate of drug-likeness (QED) is 0.449. The normalized spacial score (nSPS) is 10.4. The number of hydrogen-bond donors (Lipinski definition) is 0. The number of anilines is 1. The highest BCUT2D eigenvalue weighted by Gasteiger charge is 2.14. The molecule has 4 nitrogen and oxygen atoms in total. The third-order valence-electron chi connectivity index (χ3n) is 4.32. The number of ether oxygens (including phenoxy) is 1. The van der Waals surface area contributed by atoms with Gasteiger partial charge in [0.2, 0.25) is 0 Å². The van der Waals surface area contributed by atoms with E-state index in [-0.39, 0.29) is 18.3 Å². The van der Waals surface area contributed by atoms with Crippen molar-refractivity contribution in [3.63, 3.8) is 0 Å². The van der Waals surface area contributed by atoms with Crippen molar-refractivity contribution >= 4 is 29.2 Å². The molecule has 142 valence electrons. The van der Waals surface area contributed by atoms with Gasteiger partial charge in [-0.15, -0.1) is 0 Å². The van der Waals surface area contributed by atoms with Crippen LogP contribution in [-0.4, -0.2) is 18.9 Å². The maximum absolute atomic E-state index is 12.6. The summed E-state index contributed by atoms with van der Waals surface area (Å²) in [6, 6.07) is 21.3. The van der Waals surface area contributed by atoms with Gasteiger partial charge in [0, 0.05) is 23.3 Å². The van der Waals surface area contributed by atoms with Gasteiger partial charge in [0.25, 0.3) is 5.91 Å². The van der Waals surface area contributed by atoms with Crippen LogP contribution < -0.4 is 9.64 Å². The first-order valence-corrected chi connectivity index (χ1v) is 9.20. The highest BCUT2D eigenvalue weighted by molar-refractivity contribution is 6.30. The number of rotatable bonds is 5. The molecule has 3 aromatic rings. The Bertz CT molecular complexity index is 964. The third kappa shape index (κ3) is 4.99. The number of carbonyl (C=O) groups excluding carboxylic acids is 2. The van der Waals surface area contributed by atoms with Crippen LogP contribution in [0.2, 0.25) is 5.02 Å². The lowest BCUT2D eigenvalue weighted by atomic mass is 10.1. The van der Waals surface area contributed by atoms with Crippen molar-refractivity contribution in [1.82, 2.24) is 0 Å². The van der Waals surface area contributed by atoms with Crippen LogP contribution >= 0.6 is 11.6 Å². The molecule has 0 aliphatic carbocycles. The molecule has 0 fully saturated rings. The number of benzene rings is 3. The topological polar surface area (TPSA) is 46.6 Å². The number of halogens is 1. The van der Waals surface area contributed by atoms with Crippen LogP contribution in [0.1, 0.15) is 21.5 Å². The Labute approximate surface area is 169 Å². The summed E-state index contributed by atoms with van der Waals surface area (Å²) in [4.78, 5) is 26.2. The zero-order chi connectivity index (χ0) is 20.1. The smallest absolute Gasteiger partial charge is 0.315 e. The van der Waals surface area contributed by atoms with E-state index in [1.54, 1.807) is 72.6 Å². The summed E-state index contributed by atoms with van der Waals surface area (Å²) in [7, 11) is 1.71. The molecule has 0 radical (unpaired) electrons. The summed E-state index contributed by atoms with van der Waals surface area (Å²) < 4.78 is 5.37. The predicted molar refractivity (Wildman–Crippen MR) is 111 cm³/mol. The molecule has 0 unspecified atom stereocenters. The molecule has 0 aliphatic rings. The van der Waals surface area contributed by atoms with Crippen molar-refractivity contribution in [1.29, 1.82) is 0 Å². The fraction of sp³-hybridized carbons (Fsp3) is 0.130. The Morgan fingerprint density at radius 1 is 0.893 bits per heavy atom. The second-order valence-corrected chi connectivity index (χ2v) is 6.94. The van der Waals surface area contributed by atoms with Gasteiger partial charge in [0.15, 0.2) is 0 Å². The summed E-state index contributed by atoms with van der Waals surface area (Å²) in [5, 5.41) is 0.622. The molecule has 28 heavy (non-hydrogen) atoms. The van der Waals surface area contributed by atoms with E-state index >= 15 is 0 Å². The van der Waals surface area contributed by atoms with E-state index < -0.39 is 0 Å². The average Bonchev–Trinajstić information content (AvgIpc) is 2.70. The fourth-order valence-electron chi connectivity index (χ4n) is 2.68. The van der Waals surface area contributed by atoms with E-state index in [9.17, 15) is 9.59 Å². The van der Waals surface area contributed by atoms with E-state index in [0.29, 0.717) is 22.0 Å². The van der Waals surface area contributed by atoms with Crippen molar-refractivity contribution in [2.75, 3.05) is 11.9 Å². The van der Waals surface area contributed by atoms with Crippen molar-refractivity contribution in [2.24, 2.45) is 0 Å². The van der Waals surface area contributed by atoms with E-state index in [2.05, 4.69) is 0 Å². The van der Waals surface area contributed by atoms with Gasteiger partial charge in [0.1, 0.15) is 5.75 Å². The van der Waals surface area contributed by atoms with Crippen molar-refractivity contribution < 1.29 is 14.3 Å². The van der Waals surface area contributed by atoms with Gasteiger partial charge < -0.3 is 9.64 Å². The first-order valence-electron chi connectivity index (χ1n) is 8.82. The Balaban J connectivity index is 1.62. The van der Waals surface area contributed by atoms with Gasteiger partial charge in [-0.05, 0) is 61.0 Å². The van der Waals surface area contributed by atoms with E-state index in [1.165, 1.54) is 0 Å². The SMILES string of the molecule is Cc1ccc(C(=O)N(C)c2ccc(OC(=O)Cc3ccc(Cl)cc3)cc2)cc1. The minimum absolute atomic E-state index is 0.104. The summed E-state index contributed by atoms with van der Waals surface area (Å²) >= 11 is 5.84. The monoisotopic (exact) mass is 393 g/mol. The standard InChI is InChI=1S/C23H20ClNO3/c1-16-3-7-18(8-4-16)23(27)25(2)20-11-13-21(14-12-20)28-22(26)15-17-5-9-19(24)10-6-17/h3-14H,15H2,1-2H3. The summed E-state index contributed by atoms with van der Waals surface area (Å²) in [5.41, 5.74) is 3.26. The van der Waals surface area contributed by atoms with Crippen LogP contribution in [-0.2, 0) is 11.2 Å². The second-order valence-electron chi connectivity index (χ2n) is 6.50. The van der Waals surface area contributed by atoms with Crippen molar-refractivity contribution in [2.45, 2.75) is 13.3 Å². The largest absolute Gasteiger partial charge is 0.426 e. The molecule has 0 aliphatic heterocycles. The molecule has 0 aromatic heterocycles. The molecule has 3 rings (SSSR count). The summed E-state index contributed by atoms with van der Waals surface area (Å²) in [5.74, 6) is -0.0365. The van der Waals surface area contributed by atoms with Gasteiger partial charge in [0.05, 0.1) is 6.42 Å². The molecular weight excluding hydrogens is 374 g/mol. The first kappa shape index (κ1) is 19.6. The Morgan fingerprint density at radius 2 is 1.50 bits per heavy atom. The molecule has 0 bridgehead atoms. The number of amides is 1. The maximum atomic E-state index is 12.6. The molecule has 0 N–H and O–H groups in total. The number of nitrogens with zero attached hydrogens (tertiary/aromatic N) is 1. The lowest BCUT2D eigenvalue weighted by Gasteiger charge is -2.18. The number of carbonyl (C=O) groups is 2. The van der Waals surface area contributed by atoms with Crippen molar-refractivity contribution in [3.05, 3.63) is 94.5 Å². The molecule has 3 aromatic carbocycles. The predicted octanol–water partition coefficient (Wildman–Crippen LogP) is 5.07. The van der Waals surface area contributed by atoms with Crippen LogP contribution in [0, 0.1) is 6.92 Å². The number of hydrogen-bond acceptors (Lipinski definition) is 3. The highest BCUT2D eigenvalue weighted by Crippen LogP contribution is 2.21. The Morgan fingerprint density at radius 3 is 2.11 bits per heavy atom. The van der Waals surface area contributed by atoms with Crippen LogP contribution in [0.3, 0.4) is 0 Å². The van der Waals surface area contributed by atoms with Gasteiger partial charge in [-0.25, -0.2) is 0 Å². The molecule has 0 heterocycles. The average molecular weight is 394 g/mol. The first-order chi connectivity index (χ1) is 13.4.